The van der Waals surface area contributed by atoms with E-state index < -0.39 is 17.2 Å². The normalized spacial score (nSPS) is 16.0. The Morgan fingerprint density at radius 1 is 1.09 bits per heavy atom. The highest BCUT2D eigenvalue weighted by Crippen LogP contribution is 2.49. The number of nitrogens with one attached hydrogen (secondary N) is 1. The Balaban J connectivity index is 1.77. The molecule has 2 nitrogen and oxygen atoms in total. The molecule has 0 spiro atoms. The number of carbonyl (C=O) groups is 1. The first kappa shape index (κ1) is 15.9. The number of hydrogen-bond acceptors (Lipinski definition) is 1. The molecule has 0 unspecified atom stereocenters. The molecule has 120 valence electrons. The molecule has 0 heterocycles. The second kappa shape index (κ2) is 5.57. The maximum atomic E-state index is 12.5. The lowest BCUT2D eigenvalue weighted by Gasteiger charge is -2.16. The Hall–Kier alpha value is -2.01. The van der Waals surface area contributed by atoms with Gasteiger partial charge < -0.3 is 5.32 Å². The third-order valence-corrected chi connectivity index (χ3v) is 4.27. The number of halogens is 4. The lowest BCUT2D eigenvalue weighted by atomic mass is 9.95. The number of hydrogen-bond donors (Lipinski definition) is 1. The standard InChI is InChI=1S/C17H13ClF3NO/c18-13-3-1-2-12(10-13)16(8-9-16)15(23)22-14-6-4-11(5-7-14)17(19,20)21/h1-7,10H,8-9H2,(H,22,23). The molecule has 1 aliphatic carbocycles. The fourth-order valence-electron chi connectivity index (χ4n) is 2.55. The van der Waals surface area contributed by atoms with Crippen molar-refractivity contribution < 1.29 is 18.0 Å². The van der Waals surface area contributed by atoms with Crippen molar-refractivity contribution in [1.29, 1.82) is 0 Å². The molecule has 0 bridgehead atoms. The van der Waals surface area contributed by atoms with Crippen LogP contribution in [0.1, 0.15) is 24.0 Å². The van der Waals surface area contributed by atoms with Crippen molar-refractivity contribution >= 4 is 23.2 Å². The van der Waals surface area contributed by atoms with Gasteiger partial charge in [0.2, 0.25) is 5.91 Å². The van der Waals surface area contributed by atoms with E-state index >= 15 is 0 Å². The molecular weight excluding hydrogens is 327 g/mol. The minimum absolute atomic E-state index is 0.223. The van der Waals surface area contributed by atoms with E-state index in [0.717, 1.165) is 17.7 Å². The summed E-state index contributed by atoms with van der Waals surface area (Å²) >= 11 is 5.97. The molecule has 0 aliphatic heterocycles. The number of anilines is 1. The molecule has 0 radical (unpaired) electrons. The van der Waals surface area contributed by atoms with Gasteiger partial charge in [0, 0.05) is 10.7 Å². The van der Waals surface area contributed by atoms with Crippen LogP contribution < -0.4 is 5.32 Å². The summed E-state index contributed by atoms with van der Waals surface area (Å²) in [5, 5.41) is 3.24. The van der Waals surface area contributed by atoms with Crippen molar-refractivity contribution in [2.45, 2.75) is 24.4 Å². The Bertz CT molecular complexity index is 736. The molecule has 3 rings (SSSR count). The zero-order valence-electron chi connectivity index (χ0n) is 12.0. The highest BCUT2D eigenvalue weighted by molar-refractivity contribution is 6.30. The predicted molar refractivity (Wildman–Crippen MR) is 82.4 cm³/mol. The zero-order valence-corrected chi connectivity index (χ0v) is 12.7. The van der Waals surface area contributed by atoms with Crippen molar-refractivity contribution in [2.24, 2.45) is 0 Å². The molecule has 1 amide bonds. The first-order valence-electron chi connectivity index (χ1n) is 7.06. The van der Waals surface area contributed by atoms with Crippen LogP contribution in [0.4, 0.5) is 18.9 Å². The van der Waals surface area contributed by atoms with Gasteiger partial charge in [-0.3, -0.25) is 4.79 Å². The van der Waals surface area contributed by atoms with Crippen LogP contribution in [0.15, 0.2) is 48.5 Å². The summed E-state index contributed by atoms with van der Waals surface area (Å²) in [6.45, 7) is 0. The van der Waals surface area contributed by atoms with Crippen molar-refractivity contribution in [3.63, 3.8) is 0 Å². The fraction of sp³-hybridized carbons (Fsp3) is 0.235. The number of amides is 1. The molecule has 1 aliphatic rings. The lowest BCUT2D eigenvalue weighted by molar-refractivity contribution is -0.137. The average Bonchev–Trinajstić information content (AvgIpc) is 3.28. The van der Waals surface area contributed by atoms with Crippen molar-refractivity contribution in [1.82, 2.24) is 0 Å². The number of alkyl halides is 3. The summed E-state index contributed by atoms with van der Waals surface area (Å²) < 4.78 is 37.6. The van der Waals surface area contributed by atoms with Crippen LogP contribution in [-0.4, -0.2) is 5.91 Å². The summed E-state index contributed by atoms with van der Waals surface area (Å²) in [6.07, 6.45) is -3.00. The molecule has 2 aromatic carbocycles. The summed E-state index contributed by atoms with van der Waals surface area (Å²) in [7, 11) is 0. The zero-order chi connectivity index (χ0) is 16.7. The van der Waals surface area contributed by atoms with Crippen molar-refractivity contribution in [2.75, 3.05) is 5.32 Å². The molecular formula is C17H13ClF3NO. The third kappa shape index (κ3) is 3.20. The molecule has 1 fully saturated rings. The monoisotopic (exact) mass is 339 g/mol. The van der Waals surface area contributed by atoms with E-state index in [4.69, 9.17) is 11.6 Å². The Morgan fingerprint density at radius 3 is 2.26 bits per heavy atom. The van der Waals surface area contributed by atoms with Gasteiger partial charge >= 0.3 is 6.18 Å². The second-order valence-corrected chi connectivity index (χ2v) is 6.06. The maximum Gasteiger partial charge on any atom is 0.416 e. The average molecular weight is 340 g/mol. The van der Waals surface area contributed by atoms with Crippen LogP contribution in [0.3, 0.4) is 0 Å². The van der Waals surface area contributed by atoms with Gasteiger partial charge in [-0.1, -0.05) is 23.7 Å². The molecule has 0 saturated heterocycles. The van der Waals surface area contributed by atoms with Crippen LogP contribution in [0, 0.1) is 0 Å². The Kier molecular flexibility index (Phi) is 3.84. The summed E-state index contributed by atoms with van der Waals surface area (Å²) in [4.78, 5) is 12.5. The van der Waals surface area contributed by atoms with Crippen LogP contribution >= 0.6 is 11.6 Å². The van der Waals surface area contributed by atoms with Gasteiger partial charge in [0.05, 0.1) is 11.0 Å². The minimum Gasteiger partial charge on any atom is -0.325 e. The van der Waals surface area contributed by atoms with E-state index in [1.54, 1.807) is 18.2 Å². The van der Waals surface area contributed by atoms with E-state index in [2.05, 4.69) is 5.32 Å². The smallest absolute Gasteiger partial charge is 0.325 e. The van der Waals surface area contributed by atoms with Crippen LogP contribution in [0.5, 0.6) is 0 Å². The summed E-state index contributed by atoms with van der Waals surface area (Å²) in [5.74, 6) is -0.223. The van der Waals surface area contributed by atoms with Gasteiger partial charge in [-0.25, -0.2) is 0 Å². The Morgan fingerprint density at radius 2 is 1.74 bits per heavy atom. The highest BCUT2D eigenvalue weighted by atomic mass is 35.5. The molecule has 0 aromatic heterocycles. The lowest BCUT2D eigenvalue weighted by Crippen LogP contribution is -2.27. The fourth-order valence-corrected chi connectivity index (χ4v) is 2.74. The van der Waals surface area contributed by atoms with E-state index in [0.29, 0.717) is 23.6 Å². The first-order valence-corrected chi connectivity index (χ1v) is 7.44. The molecule has 1 N–H and O–H groups in total. The summed E-state index contributed by atoms with van der Waals surface area (Å²) in [6, 6.07) is 11.5. The van der Waals surface area contributed by atoms with Crippen molar-refractivity contribution in [3.05, 3.63) is 64.7 Å². The number of carbonyl (C=O) groups excluding carboxylic acids is 1. The van der Waals surface area contributed by atoms with E-state index in [1.165, 1.54) is 12.1 Å². The number of rotatable bonds is 3. The minimum atomic E-state index is -4.39. The van der Waals surface area contributed by atoms with E-state index in [9.17, 15) is 18.0 Å². The van der Waals surface area contributed by atoms with Crippen LogP contribution in [0.25, 0.3) is 0 Å². The SMILES string of the molecule is O=C(Nc1ccc(C(F)(F)F)cc1)C1(c2cccc(Cl)c2)CC1. The topological polar surface area (TPSA) is 29.1 Å². The van der Waals surface area contributed by atoms with E-state index in [1.807, 2.05) is 6.07 Å². The largest absolute Gasteiger partial charge is 0.416 e. The van der Waals surface area contributed by atoms with Gasteiger partial charge in [0.25, 0.3) is 0 Å². The predicted octanol–water partition coefficient (Wildman–Crippen LogP) is 5.03. The van der Waals surface area contributed by atoms with Crippen LogP contribution in [-0.2, 0) is 16.4 Å². The molecule has 2 aromatic rings. The van der Waals surface area contributed by atoms with Gasteiger partial charge in [0.15, 0.2) is 0 Å². The molecule has 0 atom stereocenters. The first-order chi connectivity index (χ1) is 10.8. The maximum absolute atomic E-state index is 12.5. The molecule has 23 heavy (non-hydrogen) atoms. The third-order valence-electron chi connectivity index (χ3n) is 4.03. The number of benzene rings is 2. The second-order valence-electron chi connectivity index (χ2n) is 5.62. The van der Waals surface area contributed by atoms with E-state index in [-0.39, 0.29) is 5.91 Å². The highest BCUT2D eigenvalue weighted by Gasteiger charge is 2.51. The van der Waals surface area contributed by atoms with Crippen LogP contribution in [0.2, 0.25) is 5.02 Å². The van der Waals surface area contributed by atoms with Gasteiger partial charge in [-0.05, 0) is 54.8 Å². The Labute approximate surface area is 136 Å². The summed E-state index contributed by atoms with van der Waals surface area (Å²) in [5.41, 5.74) is -0.203. The molecule has 1 saturated carbocycles. The van der Waals surface area contributed by atoms with Gasteiger partial charge in [-0.2, -0.15) is 13.2 Å². The quantitative estimate of drug-likeness (QED) is 0.835. The van der Waals surface area contributed by atoms with Crippen molar-refractivity contribution in [3.8, 4) is 0 Å². The van der Waals surface area contributed by atoms with Gasteiger partial charge in [0.1, 0.15) is 0 Å². The van der Waals surface area contributed by atoms with Gasteiger partial charge in [-0.15, -0.1) is 0 Å². The molecule has 6 heteroatoms.